The molecule has 0 fully saturated rings. The fourth-order valence-corrected chi connectivity index (χ4v) is 6.27. The van der Waals surface area contributed by atoms with Crippen LogP contribution >= 0.6 is 67.8 Å². The summed E-state index contributed by atoms with van der Waals surface area (Å²) in [6.07, 6.45) is 4.24. The molecule has 0 atom stereocenters. The molecule has 3 N–H and O–H groups in total. The van der Waals surface area contributed by atoms with Gasteiger partial charge in [-0.25, -0.2) is 0 Å². The third kappa shape index (κ3) is 5.52. The molecule has 0 aromatic heterocycles. The highest BCUT2D eigenvalue weighted by molar-refractivity contribution is 14.1. The molecule has 0 aliphatic carbocycles. The lowest BCUT2D eigenvalue weighted by molar-refractivity contribution is -0.111. The highest BCUT2D eigenvalue weighted by Gasteiger charge is 2.28. The van der Waals surface area contributed by atoms with E-state index in [0.29, 0.717) is 27.5 Å². The lowest BCUT2D eigenvalue weighted by atomic mass is 10.1. The molecule has 1 rings (SSSR count). The molecule has 0 aliphatic heterocycles. The van der Waals surface area contributed by atoms with Crippen molar-refractivity contribution >= 4 is 91.2 Å². The first kappa shape index (κ1) is 23.1. The van der Waals surface area contributed by atoms with Gasteiger partial charge >= 0.3 is 0 Å². The summed E-state index contributed by atoms with van der Waals surface area (Å²) < 4.78 is 1.57. The highest BCUT2D eigenvalue weighted by Crippen LogP contribution is 2.35. The van der Waals surface area contributed by atoms with E-state index in [0.717, 1.165) is 6.08 Å². The second-order valence-electron chi connectivity index (χ2n) is 4.76. The van der Waals surface area contributed by atoms with Gasteiger partial charge in [0.25, 0.3) is 11.8 Å². The van der Waals surface area contributed by atoms with Gasteiger partial charge < -0.3 is 16.0 Å². The quantitative estimate of drug-likeness (QED) is 0.222. The maximum Gasteiger partial charge on any atom is 0.253 e. The minimum absolute atomic E-state index is 0.281. The number of halogens is 3. The van der Waals surface area contributed by atoms with Crippen molar-refractivity contribution in [1.82, 2.24) is 10.6 Å². The van der Waals surface area contributed by atoms with Crippen LogP contribution in [-0.4, -0.2) is 30.8 Å². The molecule has 6 nitrogen and oxygen atoms in total. The number of amides is 3. The third-order valence-electron chi connectivity index (χ3n) is 3.02. The molecule has 1 aromatic carbocycles. The van der Waals surface area contributed by atoms with Gasteiger partial charge in [-0.3, -0.25) is 14.4 Å². The van der Waals surface area contributed by atoms with E-state index in [-0.39, 0.29) is 24.9 Å². The van der Waals surface area contributed by atoms with Crippen LogP contribution in [0.25, 0.3) is 0 Å². The van der Waals surface area contributed by atoms with Gasteiger partial charge in [-0.05, 0) is 73.8 Å². The van der Waals surface area contributed by atoms with Crippen molar-refractivity contribution in [3.05, 3.63) is 59.8 Å². The van der Waals surface area contributed by atoms with E-state index in [9.17, 15) is 14.4 Å². The Balaban J connectivity index is 3.64. The summed E-state index contributed by atoms with van der Waals surface area (Å²) in [7, 11) is 0. The summed E-state index contributed by atoms with van der Waals surface area (Å²) in [6.45, 7) is 11.1. The monoisotopic (exact) mass is 691 g/mol. The minimum atomic E-state index is -0.433. The van der Waals surface area contributed by atoms with E-state index in [1.807, 2.05) is 67.8 Å². The first-order valence-corrected chi connectivity index (χ1v) is 10.5. The maximum absolute atomic E-state index is 12.6. The summed E-state index contributed by atoms with van der Waals surface area (Å²) in [5.74, 6) is -1.15. The molecular formula is C17H16I3N3O3. The van der Waals surface area contributed by atoms with E-state index in [2.05, 4.69) is 35.7 Å². The number of nitrogens with one attached hydrogen (secondary N) is 3. The van der Waals surface area contributed by atoms with Crippen molar-refractivity contribution < 1.29 is 14.4 Å². The predicted octanol–water partition coefficient (Wildman–Crippen LogP) is 3.46. The summed E-state index contributed by atoms with van der Waals surface area (Å²) in [5.41, 5.74) is 1.03. The first-order chi connectivity index (χ1) is 12.3. The minimum Gasteiger partial charge on any atom is -0.349 e. The summed E-state index contributed by atoms with van der Waals surface area (Å²) in [6, 6.07) is 0. The Kier molecular flexibility index (Phi) is 9.78. The number of carbonyl (C=O) groups excluding carboxylic acids is 3. The highest BCUT2D eigenvalue weighted by atomic mass is 127. The largest absolute Gasteiger partial charge is 0.349 e. The van der Waals surface area contributed by atoms with Crippen molar-refractivity contribution in [3.63, 3.8) is 0 Å². The van der Waals surface area contributed by atoms with Crippen LogP contribution < -0.4 is 16.0 Å². The number of hydrogen-bond donors (Lipinski definition) is 3. The van der Waals surface area contributed by atoms with Gasteiger partial charge in [-0.2, -0.15) is 0 Å². The van der Waals surface area contributed by atoms with Crippen LogP contribution in [-0.2, 0) is 4.79 Å². The molecule has 0 aliphatic rings. The van der Waals surface area contributed by atoms with Crippen molar-refractivity contribution in [2.24, 2.45) is 0 Å². The van der Waals surface area contributed by atoms with Crippen molar-refractivity contribution in [3.8, 4) is 0 Å². The van der Waals surface area contributed by atoms with Crippen molar-refractivity contribution in [2.75, 3.05) is 18.4 Å². The summed E-state index contributed by atoms with van der Waals surface area (Å²) in [4.78, 5) is 37.0. The molecule has 1 aromatic rings. The van der Waals surface area contributed by atoms with Crippen LogP contribution in [0, 0.1) is 10.7 Å². The van der Waals surface area contributed by atoms with E-state index in [1.165, 1.54) is 0 Å². The fourth-order valence-electron chi connectivity index (χ4n) is 1.85. The Bertz CT molecular complexity index is 740. The predicted molar refractivity (Wildman–Crippen MR) is 128 cm³/mol. The van der Waals surface area contributed by atoms with Gasteiger partial charge in [-0.15, -0.1) is 13.2 Å². The lowest BCUT2D eigenvalue weighted by Gasteiger charge is -2.19. The number of benzene rings is 1. The molecule has 0 saturated carbocycles. The molecule has 0 radical (unpaired) electrons. The molecular weight excluding hydrogens is 675 g/mol. The van der Waals surface area contributed by atoms with Gasteiger partial charge in [0.15, 0.2) is 0 Å². The normalized spacial score (nSPS) is 9.81. The molecule has 0 spiro atoms. The Morgan fingerprint density at radius 2 is 1.23 bits per heavy atom. The SMILES string of the molecule is C=CCNC(=O)c1c(I)c(NC(=O)C=C)c(I)c(C(=O)NCC=C)c1I. The van der Waals surface area contributed by atoms with Gasteiger partial charge in [0.1, 0.15) is 0 Å². The van der Waals surface area contributed by atoms with Crippen LogP contribution in [0.5, 0.6) is 0 Å². The van der Waals surface area contributed by atoms with Crippen molar-refractivity contribution in [1.29, 1.82) is 0 Å². The zero-order valence-electron chi connectivity index (χ0n) is 13.6. The fraction of sp³-hybridized carbons (Fsp3) is 0.118. The van der Waals surface area contributed by atoms with Gasteiger partial charge in [-0.1, -0.05) is 18.7 Å². The van der Waals surface area contributed by atoms with E-state index in [1.54, 1.807) is 12.2 Å². The van der Waals surface area contributed by atoms with Gasteiger partial charge in [0, 0.05) is 16.7 Å². The average Bonchev–Trinajstić information content (AvgIpc) is 2.61. The van der Waals surface area contributed by atoms with Crippen LogP contribution in [0.3, 0.4) is 0 Å². The molecule has 0 heterocycles. The summed E-state index contributed by atoms with van der Waals surface area (Å²) in [5, 5.41) is 8.09. The van der Waals surface area contributed by atoms with Gasteiger partial charge in [0.05, 0.1) is 24.0 Å². The Morgan fingerprint density at radius 3 is 1.58 bits per heavy atom. The van der Waals surface area contributed by atoms with E-state index >= 15 is 0 Å². The molecule has 3 amide bonds. The second-order valence-corrected chi connectivity index (χ2v) is 7.99. The van der Waals surface area contributed by atoms with Crippen LogP contribution in [0.15, 0.2) is 38.0 Å². The zero-order chi connectivity index (χ0) is 19.9. The van der Waals surface area contributed by atoms with Crippen LogP contribution in [0.2, 0.25) is 0 Å². The third-order valence-corrected chi connectivity index (χ3v) is 6.25. The van der Waals surface area contributed by atoms with Crippen molar-refractivity contribution in [2.45, 2.75) is 0 Å². The lowest BCUT2D eigenvalue weighted by Crippen LogP contribution is -2.30. The molecule has 26 heavy (non-hydrogen) atoms. The Hall–Kier alpha value is -0.960. The molecule has 0 bridgehead atoms. The number of hydrogen-bond acceptors (Lipinski definition) is 3. The number of anilines is 1. The molecule has 0 saturated heterocycles. The van der Waals surface area contributed by atoms with Crippen LogP contribution in [0.4, 0.5) is 5.69 Å². The Morgan fingerprint density at radius 1 is 0.808 bits per heavy atom. The molecule has 0 unspecified atom stereocenters. The maximum atomic E-state index is 12.6. The van der Waals surface area contributed by atoms with Gasteiger partial charge in [0.2, 0.25) is 5.91 Å². The number of rotatable bonds is 8. The average molecular weight is 691 g/mol. The van der Waals surface area contributed by atoms with Crippen LogP contribution in [0.1, 0.15) is 20.7 Å². The Labute approximate surface area is 192 Å². The zero-order valence-corrected chi connectivity index (χ0v) is 20.1. The van der Waals surface area contributed by atoms with E-state index < -0.39 is 5.91 Å². The number of carbonyl (C=O) groups is 3. The molecule has 138 valence electrons. The second kappa shape index (κ2) is 11.0. The topological polar surface area (TPSA) is 87.3 Å². The summed E-state index contributed by atoms with van der Waals surface area (Å²) >= 11 is 5.94. The first-order valence-electron chi connectivity index (χ1n) is 7.22. The van der Waals surface area contributed by atoms with E-state index in [4.69, 9.17) is 0 Å². The smallest absolute Gasteiger partial charge is 0.253 e. The molecule has 9 heteroatoms. The standard InChI is InChI=1S/C17H16I3N3O3/c1-4-7-21-16(25)10-12(18)11(17(26)22-8-5-2)14(20)15(13(10)19)23-9(24)6-3/h4-6H,1-3,7-8H2,(H,21,25)(H,22,26)(H,23,24).